The summed E-state index contributed by atoms with van der Waals surface area (Å²) in [6, 6.07) is 0. The predicted molar refractivity (Wildman–Crippen MR) is 46.9 cm³/mol. The van der Waals surface area contributed by atoms with Gasteiger partial charge in [0.05, 0.1) is 5.60 Å². The Kier molecular flexibility index (Phi) is 2.13. The van der Waals surface area contributed by atoms with E-state index >= 15 is 0 Å². The van der Waals surface area contributed by atoms with Gasteiger partial charge < -0.3 is 9.84 Å². The summed E-state index contributed by atoms with van der Waals surface area (Å²) >= 11 is 0. The second-order valence-corrected chi connectivity index (χ2v) is 4.35. The van der Waals surface area contributed by atoms with Crippen molar-refractivity contribution in [1.82, 2.24) is 0 Å². The first-order chi connectivity index (χ1) is 5.74. The van der Waals surface area contributed by atoms with Gasteiger partial charge in [-0.3, -0.25) is 0 Å². The van der Waals surface area contributed by atoms with E-state index in [2.05, 4.69) is 6.92 Å². The first-order valence-electron chi connectivity index (χ1n) is 5.05. The maximum atomic E-state index is 9.99. The standard InChI is InChI=1S/C10H18O2/c1-2-9-6-10(9,11)5-8-3-4-12-7-8/h8-9,11H,2-7H2,1H3. The summed E-state index contributed by atoms with van der Waals surface area (Å²) in [5, 5.41) is 9.99. The Morgan fingerprint density at radius 1 is 1.58 bits per heavy atom. The molecule has 0 bridgehead atoms. The van der Waals surface area contributed by atoms with Gasteiger partial charge in [0.25, 0.3) is 0 Å². The van der Waals surface area contributed by atoms with Crippen LogP contribution in [0.1, 0.15) is 32.6 Å². The van der Waals surface area contributed by atoms with Gasteiger partial charge in [0.1, 0.15) is 0 Å². The molecule has 2 rings (SSSR count). The summed E-state index contributed by atoms with van der Waals surface area (Å²) < 4.78 is 5.29. The summed E-state index contributed by atoms with van der Waals surface area (Å²) in [5.41, 5.74) is -0.298. The Bertz CT molecular complexity index is 163. The van der Waals surface area contributed by atoms with Crippen molar-refractivity contribution in [3.8, 4) is 0 Å². The molecule has 3 unspecified atom stereocenters. The lowest BCUT2D eigenvalue weighted by atomic mass is 9.98. The van der Waals surface area contributed by atoms with Gasteiger partial charge in [-0.2, -0.15) is 0 Å². The van der Waals surface area contributed by atoms with Crippen LogP contribution in [-0.4, -0.2) is 23.9 Å². The third kappa shape index (κ3) is 1.50. The van der Waals surface area contributed by atoms with Crippen molar-refractivity contribution < 1.29 is 9.84 Å². The minimum Gasteiger partial charge on any atom is -0.390 e. The van der Waals surface area contributed by atoms with Crippen molar-refractivity contribution in [2.45, 2.75) is 38.2 Å². The van der Waals surface area contributed by atoms with E-state index in [1.165, 1.54) is 0 Å². The van der Waals surface area contributed by atoms with Crippen LogP contribution in [0.2, 0.25) is 0 Å². The number of hydrogen-bond donors (Lipinski definition) is 1. The van der Waals surface area contributed by atoms with Crippen LogP contribution in [0.15, 0.2) is 0 Å². The molecule has 0 spiro atoms. The maximum Gasteiger partial charge on any atom is 0.0684 e. The summed E-state index contributed by atoms with van der Waals surface area (Å²) in [6.07, 6.45) is 4.29. The fourth-order valence-electron chi connectivity index (χ4n) is 2.39. The van der Waals surface area contributed by atoms with E-state index in [9.17, 15) is 5.11 Å². The van der Waals surface area contributed by atoms with E-state index in [1.807, 2.05) is 0 Å². The fraction of sp³-hybridized carbons (Fsp3) is 1.00. The fourth-order valence-corrected chi connectivity index (χ4v) is 2.39. The number of hydrogen-bond acceptors (Lipinski definition) is 2. The topological polar surface area (TPSA) is 29.5 Å². The molecule has 0 radical (unpaired) electrons. The van der Waals surface area contributed by atoms with E-state index in [4.69, 9.17) is 4.74 Å². The van der Waals surface area contributed by atoms with Crippen LogP contribution in [0.4, 0.5) is 0 Å². The predicted octanol–water partition coefficient (Wildman–Crippen LogP) is 1.57. The molecule has 3 atom stereocenters. The third-order valence-corrected chi connectivity index (χ3v) is 3.36. The molecule has 1 saturated carbocycles. The molecule has 2 aliphatic rings. The summed E-state index contributed by atoms with van der Waals surface area (Å²) in [5.74, 6) is 1.21. The molecule has 2 nitrogen and oxygen atoms in total. The Morgan fingerprint density at radius 3 is 2.92 bits per heavy atom. The van der Waals surface area contributed by atoms with Gasteiger partial charge in [-0.05, 0) is 31.1 Å². The Hall–Kier alpha value is -0.0800. The molecule has 1 N–H and O–H groups in total. The van der Waals surface area contributed by atoms with E-state index in [-0.39, 0.29) is 5.60 Å². The van der Waals surface area contributed by atoms with E-state index in [0.29, 0.717) is 11.8 Å². The third-order valence-electron chi connectivity index (χ3n) is 3.36. The van der Waals surface area contributed by atoms with Crippen molar-refractivity contribution in [1.29, 1.82) is 0 Å². The molecular weight excluding hydrogens is 152 g/mol. The van der Waals surface area contributed by atoms with Crippen LogP contribution < -0.4 is 0 Å². The zero-order valence-electron chi connectivity index (χ0n) is 7.75. The highest BCUT2D eigenvalue weighted by molar-refractivity contribution is 5.03. The molecule has 0 amide bonds. The molecule has 0 aromatic rings. The molecule has 1 saturated heterocycles. The second-order valence-electron chi connectivity index (χ2n) is 4.35. The lowest BCUT2D eigenvalue weighted by Crippen LogP contribution is -2.17. The van der Waals surface area contributed by atoms with E-state index < -0.39 is 0 Å². The maximum absolute atomic E-state index is 9.99. The highest BCUT2D eigenvalue weighted by Crippen LogP contribution is 2.50. The molecule has 1 heterocycles. The van der Waals surface area contributed by atoms with Gasteiger partial charge in [0, 0.05) is 13.2 Å². The van der Waals surface area contributed by atoms with Crippen molar-refractivity contribution >= 4 is 0 Å². The Labute approximate surface area is 73.9 Å². The molecule has 1 aliphatic carbocycles. The normalized spacial score (nSPS) is 46.5. The molecule has 2 heteroatoms. The average molecular weight is 170 g/mol. The number of ether oxygens (including phenoxy) is 1. The van der Waals surface area contributed by atoms with Gasteiger partial charge >= 0.3 is 0 Å². The van der Waals surface area contributed by atoms with Crippen molar-refractivity contribution in [2.24, 2.45) is 11.8 Å². The molecule has 1 aliphatic heterocycles. The number of aliphatic hydroxyl groups is 1. The Balaban J connectivity index is 1.79. The van der Waals surface area contributed by atoms with Crippen molar-refractivity contribution in [3.63, 3.8) is 0 Å². The minimum atomic E-state index is -0.298. The van der Waals surface area contributed by atoms with Gasteiger partial charge in [-0.25, -0.2) is 0 Å². The summed E-state index contributed by atoms with van der Waals surface area (Å²) in [6.45, 7) is 3.93. The minimum absolute atomic E-state index is 0.298. The van der Waals surface area contributed by atoms with Gasteiger partial charge in [0.2, 0.25) is 0 Å². The van der Waals surface area contributed by atoms with E-state index in [1.54, 1.807) is 0 Å². The first kappa shape index (κ1) is 8.52. The van der Waals surface area contributed by atoms with E-state index in [0.717, 1.165) is 38.9 Å². The lowest BCUT2D eigenvalue weighted by molar-refractivity contribution is 0.0928. The van der Waals surface area contributed by atoms with Gasteiger partial charge in [-0.1, -0.05) is 13.3 Å². The second kappa shape index (κ2) is 3.00. The largest absolute Gasteiger partial charge is 0.390 e. The summed E-state index contributed by atoms with van der Waals surface area (Å²) in [4.78, 5) is 0. The zero-order chi connectivity index (χ0) is 8.60. The molecule has 70 valence electrons. The monoisotopic (exact) mass is 170 g/mol. The van der Waals surface area contributed by atoms with Crippen LogP contribution in [-0.2, 0) is 4.74 Å². The molecule has 0 aromatic carbocycles. The zero-order valence-corrected chi connectivity index (χ0v) is 7.75. The highest BCUT2D eigenvalue weighted by Gasteiger charge is 2.52. The van der Waals surface area contributed by atoms with Crippen LogP contribution >= 0.6 is 0 Å². The SMILES string of the molecule is CCC1CC1(O)CC1CCOC1. The number of rotatable bonds is 3. The molecular formula is C10H18O2. The molecule has 2 fully saturated rings. The van der Waals surface area contributed by atoms with Crippen LogP contribution in [0, 0.1) is 11.8 Å². The average Bonchev–Trinajstić information content (AvgIpc) is 2.48. The van der Waals surface area contributed by atoms with Gasteiger partial charge in [-0.15, -0.1) is 0 Å². The van der Waals surface area contributed by atoms with Crippen LogP contribution in [0.5, 0.6) is 0 Å². The van der Waals surface area contributed by atoms with Gasteiger partial charge in [0.15, 0.2) is 0 Å². The smallest absolute Gasteiger partial charge is 0.0684 e. The van der Waals surface area contributed by atoms with Crippen LogP contribution in [0.25, 0.3) is 0 Å². The lowest BCUT2D eigenvalue weighted by Gasteiger charge is -2.13. The highest BCUT2D eigenvalue weighted by atomic mass is 16.5. The quantitative estimate of drug-likeness (QED) is 0.696. The van der Waals surface area contributed by atoms with Crippen molar-refractivity contribution in [3.05, 3.63) is 0 Å². The molecule has 12 heavy (non-hydrogen) atoms. The summed E-state index contributed by atoms with van der Waals surface area (Å²) in [7, 11) is 0. The molecule has 0 aromatic heterocycles. The Morgan fingerprint density at radius 2 is 2.42 bits per heavy atom. The van der Waals surface area contributed by atoms with Crippen LogP contribution in [0.3, 0.4) is 0 Å². The van der Waals surface area contributed by atoms with Crippen molar-refractivity contribution in [2.75, 3.05) is 13.2 Å². The first-order valence-corrected chi connectivity index (χ1v) is 5.05.